The number of benzene rings is 2. The lowest BCUT2D eigenvalue weighted by molar-refractivity contribution is 0.359. The van der Waals surface area contributed by atoms with Crippen LogP contribution in [0.3, 0.4) is 0 Å². The Morgan fingerprint density at radius 1 is 0.947 bits per heavy atom. The molecule has 0 saturated heterocycles. The van der Waals surface area contributed by atoms with Gasteiger partial charge in [-0.1, -0.05) is 0 Å². The van der Waals surface area contributed by atoms with E-state index < -0.39 is 35.7 Å². The first-order valence-corrected chi connectivity index (χ1v) is 7.83. The van der Waals surface area contributed by atoms with E-state index in [1.165, 1.54) is 6.07 Å². The van der Waals surface area contributed by atoms with Crippen molar-refractivity contribution in [1.82, 2.24) is 0 Å². The van der Waals surface area contributed by atoms with Crippen LogP contribution in [0.4, 0.5) is 0 Å². The van der Waals surface area contributed by atoms with Crippen LogP contribution in [0.5, 0.6) is 5.75 Å². The van der Waals surface area contributed by atoms with Crippen LogP contribution in [0, 0.1) is 0 Å². The van der Waals surface area contributed by atoms with Crippen LogP contribution in [0.2, 0.25) is 0 Å². The highest BCUT2D eigenvalue weighted by Gasteiger charge is 2.16. The van der Waals surface area contributed by atoms with E-state index in [1.807, 2.05) is 0 Å². The fourth-order valence-electron chi connectivity index (χ4n) is 1.61. The summed E-state index contributed by atoms with van der Waals surface area (Å²) in [6, 6.07) is 5.16. The molecule has 19 heavy (non-hydrogen) atoms. The van der Waals surface area contributed by atoms with Crippen LogP contribution in [0.15, 0.2) is 40.1 Å². The maximum absolute atomic E-state index is 11.7. The maximum atomic E-state index is 11.7. The molecule has 1 radical (unpaired) electrons. The Hall–Kier alpha value is -1.68. The normalized spacial score (nSPS) is 12.7. The molecule has 0 unspecified atom stereocenters. The van der Waals surface area contributed by atoms with Crippen LogP contribution in [0.25, 0.3) is 10.8 Å². The molecule has 0 amide bonds. The predicted octanol–water partition coefficient (Wildman–Crippen LogP) is 0.878. The van der Waals surface area contributed by atoms with Gasteiger partial charge in [-0.3, -0.25) is 9.66 Å². The van der Waals surface area contributed by atoms with Crippen molar-refractivity contribution in [3.63, 3.8) is 0 Å². The monoisotopic (exact) mass is 302 g/mol. The van der Waals surface area contributed by atoms with E-state index in [0.29, 0.717) is 0 Å². The molecule has 0 aromatic heterocycles. The topological polar surface area (TPSA) is 134 Å². The summed E-state index contributed by atoms with van der Waals surface area (Å²) in [5, 5.41) is 16.8. The highest BCUT2D eigenvalue weighted by atomic mass is 32.2. The van der Waals surface area contributed by atoms with Crippen molar-refractivity contribution < 1.29 is 26.5 Å². The Morgan fingerprint density at radius 2 is 1.53 bits per heavy atom. The summed E-state index contributed by atoms with van der Waals surface area (Å²) in [5.74, 6) is -0.608. The summed E-state index contributed by atoms with van der Waals surface area (Å²) in [5.41, 5.74) is 0. The molecule has 0 aliphatic rings. The molecule has 2 rings (SSSR count). The third-order valence-electron chi connectivity index (χ3n) is 2.49. The molecule has 101 valence electrons. The van der Waals surface area contributed by atoms with Gasteiger partial charge in [0.15, 0.2) is 5.75 Å². The van der Waals surface area contributed by atoms with Crippen LogP contribution in [-0.4, -0.2) is 21.4 Å². The first-order valence-electron chi connectivity index (χ1n) is 4.84. The van der Waals surface area contributed by atoms with Gasteiger partial charge in [-0.05, 0) is 29.7 Å². The van der Waals surface area contributed by atoms with Gasteiger partial charge in [0.1, 0.15) is 0 Å². The molecule has 0 spiro atoms. The summed E-state index contributed by atoms with van der Waals surface area (Å²) in [6.45, 7) is 0. The highest BCUT2D eigenvalue weighted by molar-refractivity contribution is 7.89. The maximum Gasteiger partial charge on any atom is 0.294 e. The van der Waals surface area contributed by atoms with Crippen molar-refractivity contribution in [3.05, 3.63) is 30.3 Å². The molecule has 7 nitrogen and oxygen atoms in total. The van der Waals surface area contributed by atoms with Gasteiger partial charge in [-0.25, -0.2) is 13.6 Å². The number of primary sulfonamides is 1. The molecular formula is C10H8NO6S2. The molecule has 0 aliphatic carbocycles. The number of hydrogen-bond acceptors (Lipinski definition) is 4. The summed E-state index contributed by atoms with van der Waals surface area (Å²) in [6.07, 6.45) is 0. The van der Waals surface area contributed by atoms with Gasteiger partial charge in [-0.2, -0.15) is 8.42 Å². The summed E-state index contributed by atoms with van der Waals surface area (Å²) >= 11 is 0. The van der Waals surface area contributed by atoms with Crippen molar-refractivity contribution in [3.8, 4) is 5.75 Å². The van der Waals surface area contributed by atoms with Crippen LogP contribution >= 0.6 is 0 Å². The fourth-order valence-corrected chi connectivity index (χ4v) is 2.69. The lowest BCUT2D eigenvalue weighted by atomic mass is 10.1. The summed E-state index contributed by atoms with van der Waals surface area (Å²) in [7, 11) is -8.52. The van der Waals surface area contributed by atoms with E-state index in [4.69, 9.17) is 9.69 Å². The highest BCUT2D eigenvalue weighted by Crippen LogP contribution is 2.30. The molecule has 0 aliphatic heterocycles. The van der Waals surface area contributed by atoms with Crippen molar-refractivity contribution in [1.29, 1.82) is 0 Å². The number of fused-ring (bicyclic) bond motifs is 1. The Bertz CT molecular complexity index is 865. The number of hydrogen-bond donors (Lipinski definition) is 2. The average Bonchev–Trinajstić information content (AvgIpc) is 2.25. The van der Waals surface area contributed by atoms with Gasteiger partial charge in [0, 0.05) is 11.5 Å². The first kappa shape index (κ1) is 13.7. The van der Waals surface area contributed by atoms with Gasteiger partial charge in [0.25, 0.3) is 10.1 Å². The Morgan fingerprint density at radius 3 is 2.05 bits per heavy atom. The molecule has 0 atom stereocenters. The van der Waals surface area contributed by atoms with E-state index in [0.717, 1.165) is 24.3 Å². The van der Waals surface area contributed by atoms with E-state index in [2.05, 4.69) is 0 Å². The van der Waals surface area contributed by atoms with E-state index in [-0.39, 0.29) is 10.8 Å². The standard InChI is InChI=1S/C10H8NO6S2/c11-18(13,14)8-4-6-3-7(19(15,16)17)1-2-9(6)10(12)5-8/h1-5H,(H2,11,13,14)(H,15,16,17). The Labute approximate surface area is 109 Å². The van der Waals surface area contributed by atoms with Crippen LogP contribution in [-0.2, 0) is 25.2 Å². The Kier molecular flexibility index (Phi) is 3.01. The lowest BCUT2D eigenvalue weighted by Gasteiger charge is -2.04. The molecule has 0 fully saturated rings. The SMILES string of the molecule is NS(=O)(=O)c1cc([O])c2ccc(S(=O)(=O)O)cc2c1. The minimum absolute atomic E-state index is 0.0617. The average molecular weight is 302 g/mol. The molecule has 0 heterocycles. The third-order valence-corrected chi connectivity index (χ3v) is 4.23. The largest absolute Gasteiger partial charge is 0.294 e. The van der Waals surface area contributed by atoms with Crippen molar-refractivity contribution in [2.75, 3.05) is 0 Å². The van der Waals surface area contributed by atoms with Gasteiger partial charge < -0.3 is 0 Å². The lowest BCUT2D eigenvalue weighted by Crippen LogP contribution is -2.11. The Balaban J connectivity index is 2.85. The van der Waals surface area contributed by atoms with Crippen LogP contribution < -0.4 is 5.14 Å². The van der Waals surface area contributed by atoms with Gasteiger partial charge in [0.05, 0.1) is 9.79 Å². The summed E-state index contributed by atoms with van der Waals surface area (Å²) < 4.78 is 53.2. The van der Waals surface area contributed by atoms with Gasteiger partial charge in [-0.15, -0.1) is 0 Å². The van der Waals surface area contributed by atoms with Crippen molar-refractivity contribution >= 4 is 30.9 Å². The van der Waals surface area contributed by atoms with Crippen molar-refractivity contribution in [2.24, 2.45) is 5.14 Å². The zero-order valence-corrected chi connectivity index (χ0v) is 10.9. The zero-order chi connectivity index (χ0) is 14.4. The predicted molar refractivity (Wildman–Crippen MR) is 65.3 cm³/mol. The minimum Gasteiger partial charge on any atom is -0.289 e. The minimum atomic E-state index is -4.44. The van der Waals surface area contributed by atoms with E-state index in [9.17, 15) is 21.9 Å². The second kappa shape index (κ2) is 4.17. The van der Waals surface area contributed by atoms with Gasteiger partial charge in [0.2, 0.25) is 10.0 Å². The summed E-state index contributed by atoms with van der Waals surface area (Å²) in [4.78, 5) is -0.858. The smallest absolute Gasteiger partial charge is 0.289 e. The molecule has 0 saturated carbocycles. The molecular weight excluding hydrogens is 294 g/mol. The molecule has 0 bridgehead atoms. The first-order chi connectivity index (χ1) is 8.59. The quantitative estimate of drug-likeness (QED) is 0.794. The molecule has 3 N–H and O–H groups in total. The number of nitrogens with two attached hydrogens (primary N) is 1. The molecule has 2 aromatic rings. The third kappa shape index (κ3) is 2.68. The fraction of sp³-hybridized carbons (Fsp3) is 0. The molecule has 9 heteroatoms. The number of sulfonamides is 1. The van der Waals surface area contributed by atoms with E-state index >= 15 is 0 Å². The van der Waals surface area contributed by atoms with Crippen LogP contribution in [0.1, 0.15) is 0 Å². The second-order valence-electron chi connectivity index (χ2n) is 3.82. The second-order valence-corrected chi connectivity index (χ2v) is 6.81. The molecule has 2 aromatic carbocycles. The van der Waals surface area contributed by atoms with Gasteiger partial charge >= 0.3 is 0 Å². The van der Waals surface area contributed by atoms with Crippen molar-refractivity contribution in [2.45, 2.75) is 9.79 Å². The van der Waals surface area contributed by atoms with E-state index in [1.54, 1.807) is 0 Å². The number of rotatable bonds is 2. The zero-order valence-electron chi connectivity index (χ0n) is 9.27.